The molecule has 0 radical (unpaired) electrons. The van der Waals surface area contributed by atoms with Gasteiger partial charge in [0.1, 0.15) is 0 Å². The predicted octanol–water partition coefficient (Wildman–Crippen LogP) is 1.21. The fourth-order valence-corrected chi connectivity index (χ4v) is 4.14. The summed E-state index contributed by atoms with van der Waals surface area (Å²) in [6.45, 7) is 2.96. The van der Waals surface area contributed by atoms with E-state index in [0.717, 1.165) is 4.31 Å². The lowest BCUT2D eigenvalue weighted by molar-refractivity contribution is -0.116. The molecule has 2 aromatic carbocycles. The first-order valence-corrected chi connectivity index (χ1v) is 10.9. The smallest absolute Gasteiger partial charge is 0.243 e. The van der Waals surface area contributed by atoms with Gasteiger partial charge in [-0.25, -0.2) is 22.0 Å². The second-order valence-corrected chi connectivity index (χ2v) is 9.69. The van der Waals surface area contributed by atoms with Gasteiger partial charge in [-0.15, -0.1) is 0 Å². The van der Waals surface area contributed by atoms with E-state index in [1.807, 2.05) is 0 Å². The summed E-state index contributed by atoms with van der Waals surface area (Å²) in [5.74, 6) is -0.605. The highest BCUT2D eigenvalue weighted by Gasteiger charge is 2.23. The summed E-state index contributed by atoms with van der Waals surface area (Å²) in [6.07, 6.45) is 0. The van der Waals surface area contributed by atoms with Crippen LogP contribution in [0.3, 0.4) is 0 Å². The third kappa shape index (κ3) is 4.92. The van der Waals surface area contributed by atoms with Crippen molar-refractivity contribution in [3.8, 4) is 0 Å². The summed E-state index contributed by atoms with van der Waals surface area (Å²) in [5, 5.41) is 7.70. The summed E-state index contributed by atoms with van der Waals surface area (Å²) in [6, 6.07) is 10.4. The molecule has 0 aliphatic rings. The number of nitrogens with two attached hydrogens (primary N) is 1. The Hall–Kier alpha value is -2.27. The highest BCUT2D eigenvalue weighted by Crippen LogP contribution is 2.23. The zero-order chi connectivity index (χ0) is 20.4. The predicted molar refractivity (Wildman–Crippen MR) is 102 cm³/mol. The molecule has 8 nitrogen and oxygen atoms in total. The van der Waals surface area contributed by atoms with Gasteiger partial charge >= 0.3 is 0 Å². The maximum Gasteiger partial charge on any atom is 0.243 e. The van der Waals surface area contributed by atoms with E-state index in [4.69, 9.17) is 5.14 Å². The molecule has 0 spiro atoms. The minimum atomic E-state index is -3.94. The number of hydrogen-bond acceptors (Lipinski definition) is 5. The molecule has 27 heavy (non-hydrogen) atoms. The number of benzene rings is 2. The van der Waals surface area contributed by atoms with Crippen molar-refractivity contribution in [3.05, 3.63) is 53.6 Å². The summed E-state index contributed by atoms with van der Waals surface area (Å²) < 4.78 is 49.0. The Balaban J connectivity index is 2.22. The van der Waals surface area contributed by atoms with Gasteiger partial charge in [-0.1, -0.05) is 18.2 Å². The highest BCUT2D eigenvalue weighted by molar-refractivity contribution is 7.89. The Morgan fingerprint density at radius 3 is 2.19 bits per heavy atom. The van der Waals surface area contributed by atoms with Crippen molar-refractivity contribution >= 4 is 31.6 Å². The van der Waals surface area contributed by atoms with Crippen molar-refractivity contribution in [3.63, 3.8) is 0 Å². The maximum absolute atomic E-state index is 12.5. The molecule has 10 heteroatoms. The van der Waals surface area contributed by atoms with Crippen molar-refractivity contribution in [1.29, 1.82) is 0 Å². The molecule has 0 aliphatic heterocycles. The van der Waals surface area contributed by atoms with Gasteiger partial charge in [0.05, 0.1) is 16.3 Å². The van der Waals surface area contributed by atoms with Crippen LogP contribution in [0.2, 0.25) is 0 Å². The lowest BCUT2D eigenvalue weighted by Crippen LogP contribution is -2.35. The van der Waals surface area contributed by atoms with Crippen LogP contribution in [0.4, 0.5) is 5.69 Å². The number of carbonyl (C=O) groups is 1. The molecule has 2 rings (SSSR count). The van der Waals surface area contributed by atoms with E-state index in [1.165, 1.54) is 31.3 Å². The molecule has 0 saturated heterocycles. The SMILES string of the molecule is Cc1cc(S(N)(=O)=O)cc(NC(=O)CN(C)S(=O)(=O)c2ccccc2)c1C. The zero-order valence-electron chi connectivity index (χ0n) is 15.1. The molecule has 0 saturated carbocycles. The number of rotatable bonds is 6. The molecule has 0 heterocycles. The van der Waals surface area contributed by atoms with Gasteiger partial charge in [0, 0.05) is 12.7 Å². The van der Waals surface area contributed by atoms with E-state index in [9.17, 15) is 21.6 Å². The largest absolute Gasteiger partial charge is 0.325 e. The first kappa shape index (κ1) is 21.0. The van der Waals surface area contributed by atoms with Crippen molar-refractivity contribution < 1.29 is 21.6 Å². The maximum atomic E-state index is 12.5. The van der Waals surface area contributed by atoms with Crippen LogP contribution in [0, 0.1) is 13.8 Å². The minimum Gasteiger partial charge on any atom is -0.325 e. The monoisotopic (exact) mass is 411 g/mol. The molecule has 0 bridgehead atoms. The van der Waals surface area contributed by atoms with Crippen molar-refractivity contribution in [2.45, 2.75) is 23.6 Å². The molecule has 3 N–H and O–H groups in total. The van der Waals surface area contributed by atoms with Crippen LogP contribution in [0.15, 0.2) is 52.3 Å². The minimum absolute atomic E-state index is 0.0727. The fourth-order valence-electron chi connectivity index (χ4n) is 2.37. The topological polar surface area (TPSA) is 127 Å². The Bertz CT molecular complexity index is 1070. The Labute approximate surface area is 159 Å². The summed E-state index contributed by atoms with van der Waals surface area (Å²) in [5.41, 5.74) is 1.54. The Morgan fingerprint density at radius 2 is 1.63 bits per heavy atom. The van der Waals surface area contributed by atoms with Gasteiger partial charge in [-0.2, -0.15) is 4.31 Å². The Morgan fingerprint density at radius 1 is 1.04 bits per heavy atom. The number of nitrogens with one attached hydrogen (secondary N) is 1. The van der Waals surface area contributed by atoms with Crippen molar-refractivity contribution in [1.82, 2.24) is 4.31 Å². The van der Waals surface area contributed by atoms with E-state index in [-0.39, 0.29) is 15.5 Å². The Kier molecular flexibility index (Phi) is 6.05. The number of anilines is 1. The molecule has 146 valence electrons. The lowest BCUT2D eigenvalue weighted by atomic mass is 10.1. The number of nitrogens with zero attached hydrogens (tertiary/aromatic N) is 1. The highest BCUT2D eigenvalue weighted by atomic mass is 32.2. The first-order chi connectivity index (χ1) is 12.4. The molecule has 0 unspecified atom stereocenters. The van der Waals surface area contributed by atoms with E-state index in [1.54, 1.807) is 32.0 Å². The third-order valence-electron chi connectivity index (χ3n) is 4.06. The van der Waals surface area contributed by atoms with Gasteiger partial charge in [-0.3, -0.25) is 4.79 Å². The average Bonchev–Trinajstić information content (AvgIpc) is 2.58. The number of likely N-dealkylation sites (N-methyl/N-ethyl adjacent to an activating group) is 1. The normalized spacial score (nSPS) is 12.2. The molecule has 0 aliphatic carbocycles. The number of carbonyl (C=O) groups excluding carboxylic acids is 1. The second-order valence-electron chi connectivity index (χ2n) is 6.08. The fraction of sp³-hybridized carbons (Fsp3) is 0.235. The third-order valence-corrected chi connectivity index (χ3v) is 6.77. The van der Waals surface area contributed by atoms with Crippen LogP contribution in [0.5, 0.6) is 0 Å². The molecule has 2 aromatic rings. The van der Waals surface area contributed by atoms with Gasteiger partial charge in [0.15, 0.2) is 0 Å². The van der Waals surface area contributed by atoms with Crippen LogP contribution in [0.25, 0.3) is 0 Å². The molecule has 1 amide bonds. The molecule has 0 fully saturated rings. The van der Waals surface area contributed by atoms with E-state index in [2.05, 4.69) is 5.32 Å². The lowest BCUT2D eigenvalue weighted by Gasteiger charge is -2.18. The van der Waals surface area contributed by atoms with Gasteiger partial charge in [0.25, 0.3) is 0 Å². The van der Waals surface area contributed by atoms with Crippen molar-refractivity contribution in [2.75, 3.05) is 18.9 Å². The van der Waals surface area contributed by atoms with E-state index < -0.39 is 32.5 Å². The quantitative estimate of drug-likeness (QED) is 0.739. The van der Waals surface area contributed by atoms with Crippen LogP contribution in [-0.4, -0.2) is 40.6 Å². The van der Waals surface area contributed by atoms with Gasteiger partial charge in [-0.05, 0) is 49.2 Å². The van der Waals surface area contributed by atoms with Crippen molar-refractivity contribution in [2.24, 2.45) is 5.14 Å². The van der Waals surface area contributed by atoms with Crippen LogP contribution < -0.4 is 10.5 Å². The number of sulfonamides is 2. The molecule has 0 atom stereocenters. The van der Waals surface area contributed by atoms with Crippen LogP contribution in [-0.2, 0) is 24.8 Å². The average molecular weight is 412 g/mol. The number of amides is 1. The summed E-state index contributed by atoms with van der Waals surface area (Å²) in [7, 11) is -6.47. The summed E-state index contributed by atoms with van der Waals surface area (Å²) in [4.78, 5) is 12.3. The van der Waals surface area contributed by atoms with Crippen LogP contribution >= 0.6 is 0 Å². The van der Waals surface area contributed by atoms with E-state index in [0.29, 0.717) is 11.1 Å². The number of primary sulfonamides is 1. The molecular formula is C17H21N3O5S2. The summed E-state index contributed by atoms with van der Waals surface area (Å²) >= 11 is 0. The standard InChI is InChI=1S/C17H21N3O5S2/c1-12-9-15(26(18,22)23)10-16(13(12)2)19-17(21)11-20(3)27(24,25)14-7-5-4-6-8-14/h4-10H,11H2,1-3H3,(H,19,21)(H2,18,22,23). The number of hydrogen-bond donors (Lipinski definition) is 2. The van der Waals surface area contributed by atoms with Crippen LogP contribution in [0.1, 0.15) is 11.1 Å². The molecular weight excluding hydrogens is 390 g/mol. The zero-order valence-corrected chi connectivity index (χ0v) is 16.8. The number of aryl methyl sites for hydroxylation is 1. The second kappa shape index (κ2) is 7.77. The van der Waals surface area contributed by atoms with E-state index >= 15 is 0 Å². The first-order valence-electron chi connectivity index (χ1n) is 7.88. The molecule has 0 aromatic heterocycles. The van der Waals surface area contributed by atoms with Gasteiger partial charge in [0.2, 0.25) is 26.0 Å². The van der Waals surface area contributed by atoms with Gasteiger partial charge < -0.3 is 5.32 Å².